The zero-order valence-corrected chi connectivity index (χ0v) is 9.15. The van der Waals surface area contributed by atoms with Gasteiger partial charge in [0.05, 0.1) is 6.10 Å². The molecule has 0 aromatic carbocycles. The summed E-state index contributed by atoms with van der Waals surface area (Å²) in [5.41, 5.74) is 4.89. The predicted octanol–water partition coefficient (Wildman–Crippen LogP) is -0.936. The van der Waals surface area contributed by atoms with Crippen LogP contribution in [0.15, 0.2) is 0 Å². The van der Waals surface area contributed by atoms with Crippen LogP contribution in [0.3, 0.4) is 0 Å². The summed E-state index contributed by atoms with van der Waals surface area (Å²) in [4.78, 5) is 21.9. The van der Waals surface area contributed by atoms with Gasteiger partial charge in [-0.25, -0.2) is 4.79 Å². The van der Waals surface area contributed by atoms with Gasteiger partial charge in [0, 0.05) is 12.0 Å². The minimum atomic E-state index is -1.29. The van der Waals surface area contributed by atoms with E-state index >= 15 is 0 Å². The van der Waals surface area contributed by atoms with Gasteiger partial charge in [-0.2, -0.15) is 0 Å². The second-order valence-corrected chi connectivity index (χ2v) is 4.29. The first-order chi connectivity index (χ1) is 6.63. The lowest BCUT2D eigenvalue weighted by atomic mass is 10.0. The first-order valence-electron chi connectivity index (χ1n) is 4.62. The number of carboxylic acid groups (broad SMARTS) is 1. The van der Waals surface area contributed by atoms with Crippen molar-refractivity contribution in [3.8, 4) is 0 Å². The number of nitrogens with one attached hydrogen (secondary N) is 1. The fourth-order valence-electron chi connectivity index (χ4n) is 1.03. The van der Waals surface area contributed by atoms with E-state index in [0.717, 1.165) is 0 Å². The van der Waals surface area contributed by atoms with Crippen LogP contribution in [0.4, 0.5) is 0 Å². The Hall–Kier alpha value is -1.14. The van der Waals surface area contributed by atoms with E-state index in [1.165, 1.54) is 6.92 Å². The first kappa shape index (κ1) is 13.9. The Balaban J connectivity index is 4.31. The van der Waals surface area contributed by atoms with Gasteiger partial charge in [-0.3, -0.25) is 4.79 Å². The molecule has 0 spiro atoms. The van der Waals surface area contributed by atoms with Gasteiger partial charge in [-0.15, -0.1) is 0 Å². The zero-order chi connectivity index (χ0) is 12.2. The molecule has 0 rings (SSSR count). The quantitative estimate of drug-likeness (QED) is 0.476. The molecule has 0 aliphatic rings. The molecule has 0 aromatic rings. The average molecular weight is 218 g/mol. The second kappa shape index (κ2) is 5.09. The van der Waals surface area contributed by atoms with Crippen LogP contribution in [0.1, 0.15) is 27.2 Å². The maximum absolute atomic E-state index is 11.3. The van der Waals surface area contributed by atoms with Gasteiger partial charge in [0.25, 0.3) is 0 Å². The first-order valence-corrected chi connectivity index (χ1v) is 4.62. The highest BCUT2D eigenvalue weighted by Gasteiger charge is 2.26. The lowest BCUT2D eigenvalue weighted by Gasteiger charge is -2.21. The lowest BCUT2D eigenvalue weighted by molar-refractivity contribution is -0.144. The molecular formula is C9H18N2O4. The highest BCUT2D eigenvalue weighted by molar-refractivity contribution is 5.84. The molecule has 0 aliphatic heterocycles. The van der Waals surface area contributed by atoms with Gasteiger partial charge in [0.2, 0.25) is 5.91 Å². The van der Waals surface area contributed by atoms with Gasteiger partial charge in [-0.05, 0) is 20.8 Å². The minimum absolute atomic E-state index is 0.00347. The molecule has 0 fully saturated rings. The Morgan fingerprint density at radius 2 is 1.93 bits per heavy atom. The molecule has 0 saturated heterocycles. The van der Waals surface area contributed by atoms with Crippen LogP contribution in [0, 0.1) is 0 Å². The number of aliphatic hydroxyl groups is 1. The van der Waals surface area contributed by atoms with E-state index in [9.17, 15) is 9.59 Å². The summed E-state index contributed by atoms with van der Waals surface area (Å²) in [5, 5.41) is 20.0. The van der Waals surface area contributed by atoms with Crippen molar-refractivity contribution in [1.29, 1.82) is 0 Å². The Morgan fingerprint density at radius 1 is 1.47 bits per heavy atom. The van der Waals surface area contributed by atoms with Crippen LogP contribution in [0.5, 0.6) is 0 Å². The van der Waals surface area contributed by atoms with Crippen molar-refractivity contribution < 1.29 is 19.8 Å². The van der Waals surface area contributed by atoms with Crippen LogP contribution >= 0.6 is 0 Å². The normalized spacial score (nSPS) is 15.5. The number of aliphatic carboxylic acids is 1. The summed E-state index contributed by atoms with van der Waals surface area (Å²) in [5.74, 6) is -1.76. The van der Waals surface area contributed by atoms with Crippen molar-refractivity contribution in [2.75, 3.05) is 0 Å². The third-order valence-electron chi connectivity index (χ3n) is 1.68. The number of amides is 1. The van der Waals surface area contributed by atoms with Gasteiger partial charge >= 0.3 is 5.97 Å². The molecule has 6 nitrogen and oxygen atoms in total. The monoisotopic (exact) mass is 218 g/mol. The van der Waals surface area contributed by atoms with Crippen molar-refractivity contribution in [3.05, 3.63) is 0 Å². The summed E-state index contributed by atoms with van der Waals surface area (Å²) in [6.45, 7) is 4.61. The molecule has 15 heavy (non-hydrogen) atoms. The van der Waals surface area contributed by atoms with Crippen LogP contribution in [0.2, 0.25) is 0 Å². The highest BCUT2D eigenvalue weighted by atomic mass is 16.4. The second-order valence-electron chi connectivity index (χ2n) is 4.29. The minimum Gasteiger partial charge on any atom is -0.480 e. The molecule has 2 atom stereocenters. The Bertz CT molecular complexity index is 245. The molecule has 5 N–H and O–H groups in total. The summed E-state index contributed by atoms with van der Waals surface area (Å²) in [6, 6.07) is -1.29. The van der Waals surface area contributed by atoms with Crippen LogP contribution in [-0.2, 0) is 9.59 Å². The van der Waals surface area contributed by atoms with Crippen molar-refractivity contribution in [2.45, 2.75) is 44.9 Å². The van der Waals surface area contributed by atoms with Crippen molar-refractivity contribution in [1.82, 2.24) is 5.32 Å². The molecule has 0 heterocycles. The van der Waals surface area contributed by atoms with E-state index < -0.39 is 29.6 Å². The fraction of sp³-hybridized carbons (Fsp3) is 0.778. The Kier molecular flexibility index (Phi) is 4.70. The van der Waals surface area contributed by atoms with E-state index in [2.05, 4.69) is 5.32 Å². The SMILES string of the molecule is CC(O)C(NC(=O)CC(C)(C)N)C(=O)O. The summed E-state index contributed by atoms with van der Waals surface area (Å²) < 4.78 is 0. The van der Waals surface area contributed by atoms with Crippen LogP contribution < -0.4 is 11.1 Å². The molecule has 0 bridgehead atoms. The molecule has 88 valence electrons. The van der Waals surface area contributed by atoms with Crippen LogP contribution in [-0.4, -0.2) is 39.8 Å². The topological polar surface area (TPSA) is 113 Å². The predicted molar refractivity (Wildman–Crippen MR) is 54.1 cm³/mol. The number of hydrogen-bond acceptors (Lipinski definition) is 4. The molecule has 2 unspecified atom stereocenters. The maximum Gasteiger partial charge on any atom is 0.328 e. The summed E-state index contributed by atoms with van der Waals surface area (Å²) >= 11 is 0. The lowest BCUT2D eigenvalue weighted by Crippen LogP contribution is -2.50. The smallest absolute Gasteiger partial charge is 0.328 e. The highest BCUT2D eigenvalue weighted by Crippen LogP contribution is 2.04. The molecule has 1 amide bonds. The zero-order valence-electron chi connectivity index (χ0n) is 9.15. The maximum atomic E-state index is 11.3. The third-order valence-corrected chi connectivity index (χ3v) is 1.68. The van der Waals surface area contributed by atoms with E-state index in [0.29, 0.717) is 0 Å². The largest absolute Gasteiger partial charge is 0.480 e. The standard InChI is InChI=1S/C9H18N2O4/c1-5(12)7(8(14)15)11-6(13)4-9(2,3)10/h5,7,12H,4,10H2,1-3H3,(H,11,13)(H,14,15). The Morgan fingerprint density at radius 3 is 2.20 bits per heavy atom. The van der Waals surface area contributed by atoms with Gasteiger partial charge in [0.15, 0.2) is 6.04 Å². The molecule has 6 heteroatoms. The van der Waals surface area contributed by atoms with E-state index in [1.807, 2.05) is 0 Å². The van der Waals surface area contributed by atoms with Crippen molar-refractivity contribution >= 4 is 11.9 Å². The molecule has 0 aliphatic carbocycles. The third kappa shape index (κ3) is 6.03. The number of carboxylic acids is 1. The summed E-state index contributed by atoms with van der Waals surface area (Å²) in [6.07, 6.45) is -1.14. The van der Waals surface area contributed by atoms with E-state index in [1.54, 1.807) is 13.8 Å². The average Bonchev–Trinajstić information content (AvgIpc) is 1.95. The number of aliphatic hydroxyl groups excluding tert-OH is 1. The van der Waals surface area contributed by atoms with Crippen molar-refractivity contribution in [3.63, 3.8) is 0 Å². The molecule has 0 aromatic heterocycles. The van der Waals surface area contributed by atoms with Gasteiger partial charge in [-0.1, -0.05) is 0 Å². The van der Waals surface area contributed by atoms with Crippen molar-refractivity contribution in [2.24, 2.45) is 5.73 Å². The van der Waals surface area contributed by atoms with Gasteiger partial charge < -0.3 is 21.3 Å². The molecular weight excluding hydrogens is 200 g/mol. The number of rotatable bonds is 5. The number of hydrogen-bond donors (Lipinski definition) is 4. The fourth-order valence-corrected chi connectivity index (χ4v) is 1.03. The summed E-state index contributed by atoms with van der Waals surface area (Å²) in [7, 11) is 0. The molecule has 0 radical (unpaired) electrons. The number of carbonyl (C=O) groups excluding carboxylic acids is 1. The Labute approximate surface area is 88.5 Å². The number of nitrogens with two attached hydrogens (primary N) is 1. The van der Waals surface area contributed by atoms with E-state index in [-0.39, 0.29) is 6.42 Å². The number of carbonyl (C=O) groups is 2. The van der Waals surface area contributed by atoms with E-state index in [4.69, 9.17) is 15.9 Å². The van der Waals surface area contributed by atoms with Crippen LogP contribution in [0.25, 0.3) is 0 Å². The van der Waals surface area contributed by atoms with Gasteiger partial charge in [0.1, 0.15) is 0 Å². The molecule has 0 saturated carbocycles.